The van der Waals surface area contributed by atoms with Gasteiger partial charge in [0.05, 0.1) is 12.2 Å². The Kier molecular flexibility index (Phi) is 8.80. The highest BCUT2D eigenvalue weighted by molar-refractivity contribution is 6.30. The van der Waals surface area contributed by atoms with Gasteiger partial charge < -0.3 is 10.2 Å². The minimum Gasteiger partial charge on any atom is -0.352 e. The molecule has 0 fully saturated rings. The third-order valence-corrected chi connectivity index (χ3v) is 7.33. The van der Waals surface area contributed by atoms with Gasteiger partial charge in [0.1, 0.15) is 0 Å². The van der Waals surface area contributed by atoms with Crippen LogP contribution in [0.25, 0.3) is 11.3 Å². The van der Waals surface area contributed by atoms with Crippen LogP contribution in [0.5, 0.6) is 0 Å². The summed E-state index contributed by atoms with van der Waals surface area (Å²) in [5, 5.41) is 4.29. The molecule has 1 N–H and O–H groups in total. The van der Waals surface area contributed by atoms with Crippen molar-refractivity contribution < 1.29 is 9.59 Å². The van der Waals surface area contributed by atoms with Crippen LogP contribution in [0.1, 0.15) is 35.1 Å². The summed E-state index contributed by atoms with van der Waals surface area (Å²) in [6.45, 7) is 0.822. The third-order valence-electron chi connectivity index (χ3n) is 6.82. The minimum absolute atomic E-state index is 0.0836. The largest absolute Gasteiger partial charge is 0.352 e. The number of nitrogens with zero attached hydrogens (tertiary/aromatic N) is 1. The van der Waals surface area contributed by atoms with Crippen LogP contribution >= 0.6 is 23.2 Å². The van der Waals surface area contributed by atoms with E-state index in [0.29, 0.717) is 35.1 Å². The van der Waals surface area contributed by atoms with E-state index in [1.165, 1.54) is 0 Å². The summed E-state index contributed by atoms with van der Waals surface area (Å²) < 4.78 is 0. The average Bonchev–Trinajstić information content (AvgIpc) is 3.30. The topological polar surface area (TPSA) is 49.4 Å². The normalized spacial score (nSPS) is 14.2. The maximum absolute atomic E-state index is 14.0. The minimum atomic E-state index is -0.0887. The maximum Gasteiger partial charge on any atom is 0.258 e. The number of hydrogen-bond donors (Lipinski definition) is 1. The number of nitrogens with one attached hydrogen (secondary N) is 1. The molecule has 4 aromatic rings. The van der Waals surface area contributed by atoms with E-state index in [1.54, 1.807) is 17.0 Å². The van der Waals surface area contributed by atoms with E-state index in [2.05, 4.69) is 5.32 Å². The van der Waals surface area contributed by atoms with Crippen LogP contribution < -0.4 is 5.32 Å². The second-order valence-electron chi connectivity index (χ2n) is 9.57. The third kappa shape index (κ3) is 6.71. The predicted octanol–water partition coefficient (Wildman–Crippen LogP) is 7.93. The lowest BCUT2D eigenvalue weighted by molar-refractivity contribution is -0.123. The molecule has 1 aliphatic rings. The summed E-state index contributed by atoms with van der Waals surface area (Å²) in [6.07, 6.45) is 2.63. The van der Waals surface area contributed by atoms with Gasteiger partial charge in [-0.1, -0.05) is 108 Å². The molecule has 4 aromatic carbocycles. The molecule has 4 nitrogen and oxygen atoms in total. The van der Waals surface area contributed by atoms with Crippen molar-refractivity contribution >= 4 is 46.3 Å². The van der Waals surface area contributed by atoms with Crippen LogP contribution in [0.15, 0.2) is 121 Å². The maximum atomic E-state index is 14.0. The molecule has 5 rings (SSSR count). The fourth-order valence-corrected chi connectivity index (χ4v) is 4.98. The van der Waals surface area contributed by atoms with Crippen LogP contribution in [0, 0.1) is 0 Å². The Morgan fingerprint density at radius 2 is 1.27 bits per heavy atom. The lowest BCUT2D eigenvalue weighted by Crippen LogP contribution is -2.25. The van der Waals surface area contributed by atoms with Gasteiger partial charge in [-0.15, -0.1) is 0 Å². The molecule has 0 unspecified atom stereocenters. The first-order valence-corrected chi connectivity index (χ1v) is 13.9. The van der Waals surface area contributed by atoms with Gasteiger partial charge >= 0.3 is 0 Å². The molecular formula is C34H28Cl2N2O2. The Bertz CT molecular complexity index is 1550. The van der Waals surface area contributed by atoms with E-state index < -0.39 is 0 Å². The van der Waals surface area contributed by atoms with Gasteiger partial charge in [0.2, 0.25) is 5.91 Å². The molecule has 0 spiro atoms. The standard InChI is InChI=1S/C34H28Cl2N2O2/c35-28-15-11-24(12-16-28)22-37-33(39)20-19-30(26-7-3-1-4-8-26)31-21-32(27-9-5-2-6-10-27)38(34(31)40)23-25-13-17-29(36)18-14-25/h1-18,21H,19-20,22-23H2,(H,37,39)/b31-30+. The van der Waals surface area contributed by atoms with E-state index >= 15 is 0 Å². The summed E-state index contributed by atoms with van der Waals surface area (Å²) in [4.78, 5) is 28.7. The number of hydrogen-bond acceptors (Lipinski definition) is 2. The molecule has 40 heavy (non-hydrogen) atoms. The zero-order valence-corrected chi connectivity index (χ0v) is 23.3. The van der Waals surface area contributed by atoms with Gasteiger partial charge in [-0.3, -0.25) is 9.59 Å². The fourth-order valence-electron chi connectivity index (χ4n) is 4.73. The highest BCUT2D eigenvalue weighted by atomic mass is 35.5. The van der Waals surface area contributed by atoms with Gasteiger partial charge in [0.25, 0.3) is 5.91 Å². The van der Waals surface area contributed by atoms with Crippen LogP contribution in [0.4, 0.5) is 0 Å². The summed E-state index contributed by atoms with van der Waals surface area (Å²) in [7, 11) is 0. The predicted molar refractivity (Wildman–Crippen MR) is 162 cm³/mol. The molecular weight excluding hydrogens is 539 g/mol. The number of benzene rings is 4. The lowest BCUT2D eigenvalue weighted by Gasteiger charge is -2.21. The van der Waals surface area contributed by atoms with Crippen molar-refractivity contribution in [1.82, 2.24) is 10.2 Å². The van der Waals surface area contributed by atoms with E-state index in [9.17, 15) is 9.59 Å². The molecule has 0 bridgehead atoms. The molecule has 0 saturated carbocycles. The van der Waals surface area contributed by atoms with E-state index in [0.717, 1.165) is 33.5 Å². The van der Waals surface area contributed by atoms with Crippen LogP contribution in [-0.2, 0) is 22.7 Å². The number of carbonyl (C=O) groups is 2. The zero-order valence-electron chi connectivity index (χ0n) is 21.8. The molecule has 200 valence electrons. The SMILES string of the molecule is O=C(CC/C(=C1/C=C(c2ccccc2)N(Cc2ccc(Cl)cc2)C1=O)c1ccccc1)NCc1ccc(Cl)cc1. The van der Waals surface area contributed by atoms with Crippen molar-refractivity contribution in [1.29, 1.82) is 0 Å². The molecule has 1 heterocycles. The summed E-state index contributed by atoms with van der Waals surface area (Å²) >= 11 is 12.1. The monoisotopic (exact) mass is 566 g/mol. The molecule has 0 saturated heterocycles. The van der Waals surface area contributed by atoms with Crippen molar-refractivity contribution in [2.24, 2.45) is 0 Å². The van der Waals surface area contributed by atoms with Gasteiger partial charge in [-0.25, -0.2) is 0 Å². The first-order valence-electron chi connectivity index (χ1n) is 13.1. The number of halogens is 2. The smallest absolute Gasteiger partial charge is 0.258 e. The van der Waals surface area contributed by atoms with E-state index in [-0.39, 0.29) is 18.2 Å². The Balaban J connectivity index is 1.44. The van der Waals surface area contributed by atoms with Crippen LogP contribution in [0.3, 0.4) is 0 Å². The van der Waals surface area contributed by atoms with Crippen molar-refractivity contribution in [3.8, 4) is 0 Å². The van der Waals surface area contributed by atoms with Gasteiger partial charge in [0, 0.05) is 28.6 Å². The van der Waals surface area contributed by atoms with Gasteiger partial charge in [-0.2, -0.15) is 0 Å². The van der Waals surface area contributed by atoms with Crippen molar-refractivity contribution in [2.45, 2.75) is 25.9 Å². The van der Waals surface area contributed by atoms with Gasteiger partial charge in [-0.05, 0) is 64.6 Å². The molecule has 0 atom stereocenters. The molecule has 1 aliphatic heterocycles. The van der Waals surface area contributed by atoms with Crippen LogP contribution in [-0.4, -0.2) is 16.7 Å². The Morgan fingerprint density at radius 3 is 1.90 bits per heavy atom. The van der Waals surface area contributed by atoms with E-state index in [4.69, 9.17) is 23.2 Å². The molecule has 0 aromatic heterocycles. The molecule has 2 amide bonds. The highest BCUT2D eigenvalue weighted by Crippen LogP contribution is 2.36. The fraction of sp³-hybridized carbons (Fsp3) is 0.118. The quantitative estimate of drug-likeness (QED) is 0.209. The Labute approximate surface area is 244 Å². The van der Waals surface area contributed by atoms with Crippen LogP contribution in [0.2, 0.25) is 10.0 Å². The summed E-state index contributed by atoms with van der Waals surface area (Å²) in [6, 6.07) is 34.6. The van der Waals surface area contributed by atoms with E-state index in [1.807, 2.05) is 103 Å². The second-order valence-corrected chi connectivity index (χ2v) is 10.4. The number of carbonyl (C=O) groups excluding carboxylic acids is 2. The van der Waals surface area contributed by atoms with Crippen molar-refractivity contribution in [3.05, 3.63) is 153 Å². The molecule has 6 heteroatoms. The Morgan fingerprint density at radius 1 is 0.700 bits per heavy atom. The average molecular weight is 568 g/mol. The zero-order chi connectivity index (χ0) is 27.9. The van der Waals surface area contributed by atoms with Crippen molar-refractivity contribution in [2.75, 3.05) is 0 Å². The highest BCUT2D eigenvalue weighted by Gasteiger charge is 2.31. The first kappa shape index (κ1) is 27.4. The second kappa shape index (κ2) is 12.8. The first-order chi connectivity index (χ1) is 19.5. The lowest BCUT2D eigenvalue weighted by atomic mass is 9.95. The number of rotatable bonds is 9. The van der Waals surface area contributed by atoms with Gasteiger partial charge in [0.15, 0.2) is 0 Å². The summed E-state index contributed by atoms with van der Waals surface area (Å²) in [5.74, 6) is -0.172. The number of allylic oxidation sites excluding steroid dienone is 1. The number of amides is 2. The summed E-state index contributed by atoms with van der Waals surface area (Å²) in [5.41, 5.74) is 6.10. The van der Waals surface area contributed by atoms with Crippen molar-refractivity contribution in [3.63, 3.8) is 0 Å². The molecule has 0 radical (unpaired) electrons. The Hall–Kier alpha value is -4.12. The molecule has 0 aliphatic carbocycles.